The number of carbonyl (C=O) groups excluding carboxylic acids is 1. The fourth-order valence-corrected chi connectivity index (χ4v) is 4.76. The molecule has 1 aliphatic rings. The predicted molar refractivity (Wildman–Crippen MR) is 142 cm³/mol. The van der Waals surface area contributed by atoms with Crippen LogP contribution in [-0.2, 0) is 12.0 Å². The number of nitrogens with zero attached hydrogens (tertiary/aromatic N) is 5. The van der Waals surface area contributed by atoms with Crippen LogP contribution in [0.25, 0.3) is 22.4 Å². The number of benzene rings is 1. The van der Waals surface area contributed by atoms with Crippen LogP contribution in [0, 0.1) is 0 Å². The summed E-state index contributed by atoms with van der Waals surface area (Å²) in [6, 6.07) is 7.25. The summed E-state index contributed by atoms with van der Waals surface area (Å²) in [7, 11) is 1.84. The molecule has 1 aromatic carbocycles. The van der Waals surface area contributed by atoms with E-state index in [1.165, 1.54) is 18.2 Å². The minimum absolute atomic E-state index is 0.0397. The molecule has 3 atom stereocenters. The van der Waals surface area contributed by atoms with E-state index < -0.39 is 30.8 Å². The number of halogens is 4. The molecule has 1 fully saturated rings. The highest BCUT2D eigenvalue weighted by molar-refractivity contribution is 5.96. The third-order valence-corrected chi connectivity index (χ3v) is 7.00. The first-order chi connectivity index (χ1) is 19.4. The van der Waals surface area contributed by atoms with Crippen LogP contribution in [0.1, 0.15) is 55.6 Å². The summed E-state index contributed by atoms with van der Waals surface area (Å²) in [6.07, 6.45) is -6.65. The second-order valence-corrected chi connectivity index (χ2v) is 11.2. The normalized spacial score (nSPS) is 19.1. The summed E-state index contributed by atoms with van der Waals surface area (Å²) < 4.78 is 68.2. The van der Waals surface area contributed by atoms with E-state index in [0.29, 0.717) is 29.8 Å². The van der Waals surface area contributed by atoms with Gasteiger partial charge in [-0.3, -0.25) is 4.79 Å². The molecule has 4 heterocycles. The number of fused-ring (bicyclic) bond motifs is 1. The van der Waals surface area contributed by atoms with Crippen molar-refractivity contribution in [2.45, 2.75) is 64.1 Å². The zero-order valence-electron chi connectivity index (χ0n) is 23.0. The molecule has 0 saturated carbocycles. The molecule has 1 unspecified atom stereocenters. The molecular weight excluding hydrogens is 546 g/mol. The molecule has 0 spiro atoms. The average Bonchev–Trinajstić information content (AvgIpc) is 3.66. The van der Waals surface area contributed by atoms with Crippen LogP contribution in [0.5, 0.6) is 0 Å². The van der Waals surface area contributed by atoms with Crippen LogP contribution in [0.3, 0.4) is 0 Å². The molecule has 0 radical (unpaired) electrons. The Bertz CT molecular complexity index is 1530. The number of likely N-dealkylation sites (tertiary alicyclic amines) is 1. The number of hydrogen-bond acceptors (Lipinski definition) is 8. The SMILES string of the molecule is CN1CC[C@@H](Nc2cccc3c2cc(-c2noc(CNC(=O)c4cc(C(C)(C)C)on4)n2)n3C(F)C(F)F)[C@@H](F)C1. The molecule has 5 rings (SSSR count). The summed E-state index contributed by atoms with van der Waals surface area (Å²) in [5.41, 5.74) is 0.288. The molecule has 0 aliphatic carbocycles. The van der Waals surface area contributed by atoms with E-state index >= 15 is 0 Å². The van der Waals surface area contributed by atoms with E-state index in [1.54, 1.807) is 12.1 Å². The van der Waals surface area contributed by atoms with Gasteiger partial charge in [-0.1, -0.05) is 37.2 Å². The molecule has 1 saturated heterocycles. The van der Waals surface area contributed by atoms with Crippen LogP contribution >= 0.6 is 0 Å². The lowest BCUT2D eigenvalue weighted by atomic mass is 9.93. The first kappa shape index (κ1) is 28.6. The van der Waals surface area contributed by atoms with Gasteiger partial charge in [0, 0.05) is 35.6 Å². The van der Waals surface area contributed by atoms with Crippen molar-refractivity contribution < 1.29 is 31.4 Å². The van der Waals surface area contributed by atoms with Gasteiger partial charge in [-0.15, -0.1) is 0 Å². The van der Waals surface area contributed by atoms with Gasteiger partial charge >= 0.3 is 0 Å². The Kier molecular flexibility index (Phi) is 7.77. The second-order valence-electron chi connectivity index (χ2n) is 11.2. The minimum Gasteiger partial charge on any atom is -0.379 e. The van der Waals surface area contributed by atoms with E-state index in [-0.39, 0.29) is 47.1 Å². The monoisotopic (exact) mass is 577 g/mol. The Hall–Kier alpha value is -3.94. The van der Waals surface area contributed by atoms with E-state index in [4.69, 9.17) is 9.05 Å². The summed E-state index contributed by atoms with van der Waals surface area (Å²) in [5, 5.41) is 13.8. The fourth-order valence-electron chi connectivity index (χ4n) is 4.76. The molecule has 1 aliphatic heterocycles. The molecule has 2 N–H and O–H groups in total. The number of nitrogens with one attached hydrogen (secondary N) is 2. The van der Waals surface area contributed by atoms with Crippen molar-refractivity contribution in [3.05, 3.63) is 47.7 Å². The summed E-state index contributed by atoms with van der Waals surface area (Å²) in [4.78, 5) is 18.6. The number of alkyl halides is 4. The van der Waals surface area contributed by atoms with E-state index in [0.717, 1.165) is 4.57 Å². The van der Waals surface area contributed by atoms with Crippen molar-refractivity contribution in [3.63, 3.8) is 0 Å². The van der Waals surface area contributed by atoms with Gasteiger partial charge in [0.2, 0.25) is 18.0 Å². The molecular formula is C27H31F4N7O3. The maximum atomic E-state index is 15.0. The molecule has 220 valence electrons. The maximum Gasteiger partial charge on any atom is 0.288 e. The van der Waals surface area contributed by atoms with E-state index in [9.17, 15) is 22.4 Å². The van der Waals surface area contributed by atoms with Crippen molar-refractivity contribution >= 4 is 22.5 Å². The average molecular weight is 578 g/mol. The number of rotatable bonds is 8. The number of piperidine rings is 1. The van der Waals surface area contributed by atoms with Crippen LogP contribution in [0.15, 0.2) is 39.4 Å². The molecule has 1 amide bonds. The number of amides is 1. The van der Waals surface area contributed by atoms with Crippen molar-refractivity contribution in [1.82, 2.24) is 30.1 Å². The largest absolute Gasteiger partial charge is 0.379 e. The van der Waals surface area contributed by atoms with Gasteiger partial charge in [-0.2, -0.15) is 4.98 Å². The Morgan fingerprint density at radius 3 is 2.63 bits per heavy atom. The molecule has 0 bridgehead atoms. The molecule has 4 aromatic rings. The quantitative estimate of drug-likeness (QED) is 0.278. The maximum absolute atomic E-state index is 15.0. The summed E-state index contributed by atoms with van der Waals surface area (Å²) >= 11 is 0. The highest BCUT2D eigenvalue weighted by Crippen LogP contribution is 2.37. The molecule has 3 aromatic heterocycles. The number of anilines is 1. The zero-order chi connectivity index (χ0) is 29.5. The zero-order valence-corrected chi connectivity index (χ0v) is 23.0. The highest BCUT2D eigenvalue weighted by Gasteiger charge is 2.31. The first-order valence-electron chi connectivity index (χ1n) is 13.2. The van der Waals surface area contributed by atoms with Gasteiger partial charge in [-0.05, 0) is 31.7 Å². The minimum atomic E-state index is -3.34. The second kappa shape index (κ2) is 11.1. The molecule has 14 heteroatoms. The summed E-state index contributed by atoms with van der Waals surface area (Å²) in [6.45, 7) is 6.49. The lowest BCUT2D eigenvalue weighted by Crippen LogP contribution is -2.46. The van der Waals surface area contributed by atoms with Gasteiger partial charge in [0.25, 0.3) is 12.3 Å². The highest BCUT2D eigenvalue weighted by atomic mass is 19.3. The predicted octanol–water partition coefficient (Wildman–Crippen LogP) is 5.09. The number of hydrogen-bond donors (Lipinski definition) is 2. The van der Waals surface area contributed by atoms with Gasteiger partial charge < -0.3 is 29.1 Å². The molecule has 41 heavy (non-hydrogen) atoms. The van der Waals surface area contributed by atoms with Crippen LogP contribution < -0.4 is 10.6 Å². The first-order valence-corrected chi connectivity index (χ1v) is 13.2. The number of carbonyl (C=O) groups is 1. The van der Waals surface area contributed by atoms with Crippen molar-refractivity contribution in [2.75, 3.05) is 25.5 Å². The number of aromatic nitrogens is 4. The summed E-state index contributed by atoms with van der Waals surface area (Å²) in [5.74, 6) is -0.210. The van der Waals surface area contributed by atoms with Crippen LogP contribution in [0.2, 0.25) is 0 Å². The van der Waals surface area contributed by atoms with Gasteiger partial charge in [0.1, 0.15) is 11.9 Å². The topological polar surface area (TPSA) is 114 Å². The van der Waals surface area contributed by atoms with Crippen molar-refractivity contribution in [3.8, 4) is 11.5 Å². The fraction of sp³-hybridized carbons (Fsp3) is 0.481. The van der Waals surface area contributed by atoms with Crippen molar-refractivity contribution in [1.29, 1.82) is 0 Å². The lowest BCUT2D eigenvalue weighted by Gasteiger charge is -2.33. The Balaban J connectivity index is 1.41. The molecule has 10 nitrogen and oxygen atoms in total. The van der Waals surface area contributed by atoms with E-state index in [2.05, 4.69) is 25.9 Å². The smallest absolute Gasteiger partial charge is 0.288 e. The third-order valence-electron chi connectivity index (χ3n) is 7.00. The van der Waals surface area contributed by atoms with E-state index in [1.807, 2.05) is 32.7 Å². The Morgan fingerprint density at radius 1 is 1.17 bits per heavy atom. The van der Waals surface area contributed by atoms with Gasteiger partial charge in [0.05, 0.1) is 23.8 Å². The standard InChI is InChI=1S/C27H31F4N7O3/c1-27(2,3)21-11-18(35-40-21)26(39)32-12-22-34-25(36-41-22)20-10-14-16(33-17-8-9-37(4)13-15(17)28)6-5-7-19(14)38(20)24(31)23(29)30/h5-7,10-11,15,17,23-24,33H,8-9,12-13H2,1-4H3,(H,32,39)/t15-,17+,24?/m0/s1. The van der Waals surface area contributed by atoms with Crippen LogP contribution in [-0.4, -0.2) is 69.4 Å². The van der Waals surface area contributed by atoms with Crippen molar-refractivity contribution in [2.24, 2.45) is 0 Å². The Labute approximate surface area is 233 Å². The van der Waals surface area contributed by atoms with Gasteiger partial charge in [0.15, 0.2) is 5.69 Å². The van der Waals surface area contributed by atoms with Crippen LogP contribution in [0.4, 0.5) is 23.2 Å². The van der Waals surface area contributed by atoms with Gasteiger partial charge in [-0.25, -0.2) is 17.6 Å². The lowest BCUT2D eigenvalue weighted by molar-refractivity contribution is 0.0114. The Morgan fingerprint density at radius 2 is 1.95 bits per heavy atom. The third kappa shape index (κ3) is 5.92.